The number of rotatable bonds is 7. The topological polar surface area (TPSA) is 59.1 Å². The van der Waals surface area contributed by atoms with Crippen molar-refractivity contribution in [2.45, 2.75) is 19.3 Å². The van der Waals surface area contributed by atoms with Crippen molar-refractivity contribution in [2.75, 3.05) is 51.5 Å². The fraction of sp³-hybridized carbons (Fsp3) is 0.600. The van der Waals surface area contributed by atoms with Gasteiger partial charge in [0.25, 0.3) is 0 Å². The summed E-state index contributed by atoms with van der Waals surface area (Å²) in [5, 5.41) is 0.632. The van der Waals surface area contributed by atoms with Crippen LogP contribution in [0.3, 0.4) is 0 Å². The second-order valence-electron chi connectivity index (χ2n) is 7.22. The highest BCUT2D eigenvalue weighted by Gasteiger charge is 2.38. The number of anilines is 1. The third-order valence-electron chi connectivity index (χ3n) is 5.32. The Bertz CT molecular complexity index is 644. The van der Waals surface area contributed by atoms with Gasteiger partial charge in [-0.15, -0.1) is 0 Å². The van der Waals surface area contributed by atoms with Gasteiger partial charge in [0.15, 0.2) is 0 Å². The van der Waals surface area contributed by atoms with Crippen LogP contribution < -0.4 is 4.90 Å². The summed E-state index contributed by atoms with van der Waals surface area (Å²) in [6, 6.07) is 7.17. The maximum absolute atomic E-state index is 12.9. The molecular formula is C20H27ClN2O4. The van der Waals surface area contributed by atoms with Gasteiger partial charge < -0.3 is 19.3 Å². The van der Waals surface area contributed by atoms with E-state index in [1.807, 2.05) is 17.0 Å². The van der Waals surface area contributed by atoms with E-state index >= 15 is 0 Å². The largest absolute Gasteiger partial charge is 0.382 e. The molecule has 2 aliphatic rings. The Morgan fingerprint density at radius 1 is 1.19 bits per heavy atom. The summed E-state index contributed by atoms with van der Waals surface area (Å²) in [4.78, 5) is 28.8. The Kier molecular flexibility index (Phi) is 7.10. The quantitative estimate of drug-likeness (QED) is 0.667. The smallest absolute Gasteiger partial charge is 0.228 e. The van der Waals surface area contributed by atoms with Crippen LogP contribution in [0.4, 0.5) is 5.69 Å². The van der Waals surface area contributed by atoms with Gasteiger partial charge in [-0.05, 0) is 43.0 Å². The number of carbonyl (C=O) groups is 2. The van der Waals surface area contributed by atoms with E-state index in [4.69, 9.17) is 21.1 Å². The van der Waals surface area contributed by atoms with Crippen LogP contribution in [0.25, 0.3) is 0 Å². The number of carbonyl (C=O) groups excluding carboxylic acids is 2. The molecule has 1 aromatic rings. The van der Waals surface area contributed by atoms with E-state index in [0.717, 1.165) is 38.2 Å². The molecule has 2 amide bonds. The lowest BCUT2D eigenvalue weighted by molar-refractivity contribution is -0.137. The van der Waals surface area contributed by atoms with Crippen molar-refractivity contribution in [1.82, 2.24) is 4.90 Å². The number of methoxy groups -OCH3 is 1. The van der Waals surface area contributed by atoms with Crippen molar-refractivity contribution in [1.29, 1.82) is 0 Å². The lowest BCUT2D eigenvalue weighted by atomic mass is 9.96. The van der Waals surface area contributed by atoms with Gasteiger partial charge >= 0.3 is 0 Å². The predicted octanol–water partition coefficient (Wildman–Crippen LogP) is 2.59. The molecule has 2 aliphatic heterocycles. The van der Waals surface area contributed by atoms with Crippen molar-refractivity contribution >= 4 is 29.1 Å². The summed E-state index contributed by atoms with van der Waals surface area (Å²) < 4.78 is 10.6. The standard InChI is InChI=1S/C20H27ClN2O4/c1-26-10-11-27-14-15-6-8-22(9-7-15)20(25)16-12-19(24)23(13-16)18-4-2-17(21)3-5-18/h2-5,15-16H,6-14H2,1H3. The molecule has 2 saturated heterocycles. The molecule has 1 unspecified atom stereocenters. The first-order valence-corrected chi connectivity index (χ1v) is 9.87. The first-order valence-electron chi connectivity index (χ1n) is 9.50. The fourth-order valence-electron chi connectivity index (χ4n) is 3.71. The third kappa shape index (κ3) is 5.21. The molecule has 7 heteroatoms. The number of benzene rings is 1. The molecule has 0 radical (unpaired) electrons. The Hall–Kier alpha value is -1.63. The van der Waals surface area contributed by atoms with Crippen LogP contribution in [0.2, 0.25) is 5.02 Å². The zero-order valence-corrected chi connectivity index (χ0v) is 16.5. The van der Waals surface area contributed by atoms with Gasteiger partial charge in [-0.2, -0.15) is 0 Å². The maximum Gasteiger partial charge on any atom is 0.228 e. The molecule has 148 valence electrons. The van der Waals surface area contributed by atoms with Crippen molar-refractivity contribution in [3.63, 3.8) is 0 Å². The summed E-state index contributed by atoms with van der Waals surface area (Å²) >= 11 is 5.92. The Labute approximate surface area is 165 Å². The highest BCUT2D eigenvalue weighted by molar-refractivity contribution is 6.30. The third-order valence-corrected chi connectivity index (χ3v) is 5.58. The molecule has 3 rings (SSSR count). The fourth-order valence-corrected chi connectivity index (χ4v) is 3.84. The summed E-state index contributed by atoms with van der Waals surface area (Å²) in [6.07, 6.45) is 2.17. The van der Waals surface area contributed by atoms with Gasteiger partial charge in [0.05, 0.1) is 19.1 Å². The van der Waals surface area contributed by atoms with Crippen LogP contribution in [0, 0.1) is 11.8 Å². The zero-order chi connectivity index (χ0) is 19.2. The van der Waals surface area contributed by atoms with Crippen molar-refractivity contribution in [2.24, 2.45) is 11.8 Å². The lowest BCUT2D eigenvalue weighted by Crippen LogP contribution is -2.43. The van der Waals surface area contributed by atoms with Gasteiger partial charge in [0.1, 0.15) is 0 Å². The number of hydrogen-bond donors (Lipinski definition) is 0. The molecule has 0 saturated carbocycles. The molecule has 2 heterocycles. The maximum atomic E-state index is 12.9. The van der Waals surface area contributed by atoms with Crippen LogP contribution in [0.15, 0.2) is 24.3 Å². The summed E-state index contributed by atoms with van der Waals surface area (Å²) in [7, 11) is 1.66. The summed E-state index contributed by atoms with van der Waals surface area (Å²) in [5.41, 5.74) is 0.798. The molecule has 27 heavy (non-hydrogen) atoms. The van der Waals surface area contributed by atoms with E-state index in [2.05, 4.69) is 0 Å². The Morgan fingerprint density at radius 2 is 1.89 bits per heavy atom. The first kappa shape index (κ1) is 20.1. The average Bonchev–Trinajstić information content (AvgIpc) is 3.07. The number of piperidine rings is 1. The van der Waals surface area contributed by atoms with E-state index in [0.29, 0.717) is 30.7 Å². The molecule has 2 fully saturated rings. The van der Waals surface area contributed by atoms with Crippen molar-refractivity contribution in [3.05, 3.63) is 29.3 Å². The van der Waals surface area contributed by atoms with Gasteiger partial charge in [-0.25, -0.2) is 0 Å². The summed E-state index contributed by atoms with van der Waals surface area (Å²) in [5.74, 6) is 0.319. The summed E-state index contributed by atoms with van der Waals surface area (Å²) in [6.45, 7) is 3.86. The van der Waals surface area contributed by atoms with E-state index in [1.54, 1.807) is 24.1 Å². The van der Waals surface area contributed by atoms with E-state index in [-0.39, 0.29) is 24.2 Å². The number of halogens is 1. The minimum Gasteiger partial charge on any atom is -0.382 e. The van der Waals surface area contributed by atoms with E-state index in [9.17, 15) is 9.59 Å². The number of hydrogen-bond acceptors (Lipinski definition) is 4. The number of amides is 2. The molecule has 1 aromatic carbocycles. The second-order valence-corrected chi connectivity index (χ2v) is 7.65. The monoisotopic (exact) mass is 394 g/mol. The first-order chi connectivity index (χ1) is 13.1. The number of ether oxygens (including phenoxy) is 2. The SMILES string of the molecule is COCCOCC1CCN(C(=O)C2CC(=O)N(c3ccc(Cl)cc3)C2)CC1. The normalized spacial score (nSPS) is 21.1. The van der Waals surface area contributed by atoms with Gasteiger partial charge in [0.2, 0.25) is 11.8 Å². The molecule has 0 aromatic heterocycles. The average molecular weight is 395 g/mol. The molecular weight excluding hydrogens is 368 g/mol. The van der Waals surface area contributed by atoms with Crippen LogP contribution in [0.1, 0.15) is 19.3 Å². The molecule has 6 nitrogen and oxygen atoms in total. The van der Waals surface area contributed by atoms with Gasteiger partial charge in [-0.1, -0.05) is 11.6 Å². The molecule has 1 atom stereocenters. The number of likely N-dealkylation sites (tertiary alicyclic amines) is 1. The zero-order valence-electron chi connectivity index (χ0n) is 15.7. The van der Waals surface area contributed by atoms with Crippen LogP contribution in [0.5, 0.6) is 0 Å². The van der Waals surface area contributed by atoms with E-state index in [1.165, 1.54) is 0 Å². The van der Waals surface area contributed by atoms with Crippen molar-refractivity contribution < 1.29 is 19.1 Å². The molecule has 0 aliphatic carbocycles. The van der Waals surface area contributed by atoms with E-state index < -0.39 is 0 Å². The van der Waals surface area contributed by atoms with Crippen molar-refractivity contribution in [3.8, 4) is 0 Å². The van der Waals surface area contributed by atoms with Crippen LogP contribution >= 0.6 is 11.6 Å². The predicted molar refractivity (Wildman–Crippen MR) is 104 cm³/mol. The van der Waals surface area contributed by atoms with Crippen LogP contribution in [-0.2, 0) is 19.1 Å². The second kappa shape index (κ2) is 9.53. The molecule has 0 N–H and O–H groups in total. The number of nitrogens with zero attached hydrogens (tertiary/aromatic N) is 2. The van der Waals surface area contributed by atoms with Gasteiger partial charge in [0, 0.05) is 50.5 Å². The van der Waals surface area contributed by atoms with Crippen LogP contribution in [-0.4, -0.2) is 63.3 Å². The minimum absolute atomic E-state index is 0.00268. The Morgan fingerprint density at radius 3 is 2.56 bits per heavy atom. The highest BCUT2D eigenvalue weighted by atomic mass is 35.5. The van der Waals surface area contributed by atoms with Gasteiger partial charge in [-0.3, -0.25) is 9.59 Å². The molecule has 0 bridgehead atoms. The molecule has 0 spiro atoms. The minimum atomic E-state index is -0.261. The highest BCUT2D eigenvalue weighted by Crippen LogP contribution is 2.28. The lowest BCUT2D eigenvalue weighted by Gasteiger charge is -2.33. The Balaban J connectivity index is 1.48.